The summed E-state index contributed by atoms with van der Waals surface area (Å²) in [7, 11) is 0. The average Bonchev–Trinajstić information content (AvgIpc) is 3.46. The number of likely N-dealkylation sites (tertiary alicyclic amines) is 1. The van der Waals surface area contributed by atoms with Gasteiger partial charge in [0.15, 0.2) is 0 Å². The minimum Gasteiger partial charge on any atom is -0.368 e. The van der Waals surface area contributed by atoms with Gasteiger partial charge in [-0.1, -0.05) is 0 Å². The normalized spacial score (nSPS) is 24.2. The van der Waals surface area contributed by atoms with Crippen LogP contribution < -0.4 is 4.90 Å². The molecular weight excluding hydrogens is 328 g/mol. The lowest BCUT2D eigenvalue weighted by atomic mass is 9.95. The van der Waals surface area contributed by atoms with E-state index in [1.807, 2.05) is 23.6 Å². The number of carbonyl (C=O) groups excluding carboxylic acids is 2. The van der Waals surface area contributed by atoms with Crippen molar-refractivity contribution in [2.45, 2.75) is 45.6 Å². The molecule has 0 N–H and O–H groups in total. The number of aromatic nitrogens is 1. The summed E-state index contributed by atoms with van der Waals surface area (Å²) in [6, 6.07) is 4.64. The molecule has 3 fully saturated rings. The molecular formula is C20H28N4O2. The number of piperazine rings is 1. The van der Waals surface area contributed by atoms with E-state index < -0.39 is 0 Å². The zero-order valence-corrected chi connectivity index (χ0v) is 15.8. The van der Waals surface area contributed by atoms with Gasteiger partial charge in [0.1, 0.15) is 0 Å². The van der Waals surface area contributed by atoms with Crippen LogP contribution in [0.15, 0.2) is 12.1 Å². The van der Waals surface area contributed by atoms with Gasteiger partial charge in [-0.3, -0.25) is 14.6 Å². The van der Waals surface area contributed by atoms with Gasteiger partial charge >= 0.3 is 0 Å². The average molecular weight is 356 g/mol. The summed E-state index contributed by atoms with van der Waals surface area (Å²) in [4.78, 5) is 35.8. The van der Waals surface area contributed by atoms with E-state index in [1.165, 1.54) is 5.69 Å². The second kappa shape index (κ2) is 6.89. The van der Waals surface area contributed by atoms with E-state index in [9.17, 15) is 9.59 Å². The standard InChI is InChI=1S/C20H28N4O2/c1-14-11-18(12-15(2)21-14)22-7-9-23(10-8-22)20(26)16-3-6-19(25)24(13-16)17-4-5-17/h11-12,16-17H,3-10,13H2,1-2H3/t16-/m0/s1. The van der Waals surface area contributed by atoms with E-state index in [1.54, 1.807) is 0 Å². The molecule has 3 heterocycles. The Hall–Kier alpha value is -2.11. The quantitative estimate of drug-likeness (QED) is 0.828. The number of aryl methyl sites for hydroxylation is 2. The molecule has 0 radical (unpaired) electrons. The van der Waals surface area contributed by atoms with Gasteiger partial charge in [-0.2, -0.15) is 0 Å². The Kier molecular flexibility index (Phi) is 4.59. The number of rotatable bonds is 3. The third-order valence-corrected chi connectivity index (χ3v) is 5.80. The summed E-state index contributed by atoms with van der Waals surface area (Å²) < 4.78 is 0. The predicted octanol–water partition coefficient (Wildman–Crippen LogP) is 1.75. The van der Waals surface area contributed by atoms with Crippen LogP contribution in [-0.4, -0.2) is 65.4 Å². The van der Waals surface area contributed by atoms with Crippen LogP contribution in [0.5, 0.6) is 0 Å². The maximum Gasteiger partial charge on any atom is 0.227 e. The summed E-state index contributed by atoms with van der Waals surface area (Å²) in [6.45, 7) is 7.89. The van der Waals surface area contributed by atoms with Crippen molar-refractivity contribution in [1.29, 1.82) is 0 Å². The molecule has 2 amide bonds. The van der Waals surface area contributed by atoms with Crippen LogP contribution in [0.2, 0.25) is 0 Å². The van der Waals surface area contributed by atoms with Crippen LogP contribution in [-0.2, 0) is 9.59 Å². The Morgan fingerprint density at radius 1 is 1.04 bits per heavy atom. The molecule has 1 aliphatic carbocycles. The van der Waals surface area contributed by atoms with Gasteiger partial charge in [0.2, 0.25) is 11.8 Å². The van der Waals surface area contributed by atoms with Crippen molar-refractivity contribution in [3.05, 3.63) is 23.5 Å². The number of hydrogen-bond acceptors (Lipinski definition) is 4. The van der Waals surface area contributed by atoms with Gasteiger partial charge in [0.05, 0.1) is 5.92 Å². The highest BCUT2D eigenvalue weighted by molar-refractivity contribution is 5.84. The molecule has 26 heavy (non-hydrogen) atoms. The Morgan fingerprint density at radius 2 is 1.69 bits per heavy atom. The topological polar surface area (TPSA) is 56.8 Å². The van der Waals surface area contributed by atoms with Crippen LogP contribution in [0, 0.1) is 19.8 Å². The Morgan fingerprint density at radius 3 is 2.31 bits per heavy atom. The molecule has 1 saturated carbocycles. The van der Waals surface area contributed by atoms with Crippen LogP contribution in [0.3, 0.4) is 0 Å². The molecule has 0 bridgehead atoms. The van der Waals surface area contributed by atoms with Gasteiger partial charge < -0.3 is 14.7 Å². The maximum atomic E-state index is 13.0. The fraction of sp³-hybridized carbons (Fsp3) is 0.650. The van der Waals surface area contributed by atoms with Gasteiger partial charge in [0.25, 0.3) is 0 Å². The summed E-state index contributed by atoms with van der Waals surface area (Å²) in [6.07, 6.45) is 3.46. The Balaban J connectivity index is 1.35. The van der Waals surface area contributed by atoms with Crippen molar-refractivity contribution in [1.82, 2.24) is 14.8 Å². The van der Waals surface area contributed by atoms with Crippen molar-refractivity contribution >= 4 is 17.5 Å². The Bertz CT molecular complexity index is 688. The molecule has 1 aromatic rings. The summed E-state index contributed by atoms with van der Waals surface area (Å²) in [5.74, 6) is 0.472. The number of pyridine rings is 1. The maximum absolute atomic E-state index is 13.0. The van der Waals surface area contributed by atoms with Gasteiger partial charge in [-0.25, -0.2) is 0 Å². The van der Waals surface area contributed by atoms with Crippen molar-refractivity contribution < 1.29 is 9.59 Å². The zero-order valence-electron chi connectivity index (χ0n) is 15.8. The predicted molar refractivity (Wildman–Crippen MR) is 100.0 cm³/mol. The molecule has 0 spiro atoms. The van der Waals surface area contributed by atoms with Crippen LogP contribution in [0.25, 0.3) is 0 Å². The van der Waals surface area contributed by atoms with E-state index in [2.05, 4.69) is 22.0 Å². The second-order valence-corrected chi connectivity index (χ2v) is 7.93. The Labute approximate surface area is 155 Å². The lowest BCUT2D eigenvalue weighted by Crippen LogP contribution is -2.53. The molecule has 6 heteroatoms. The zero-order chi connectivity index (χ0) is 18.3. The van der Waals surface area contributed by atoms with Crippen LogP contribution in [0.4, 0.5) is 5.69 Å². The first-order valence-corrected chi connectivity index (χ1v) is 9.80. The molecule has 140 valence electrons. The molecule has 0 unspecified atom stereocenters. The second-order valence-electron chi connectivity index (χ2n) is 7.93. The molecule has 4 rings (SSSR count). The third kappa shape index (κ3) is 3.55. The van der Waals surface area contributed by atoms with Crippen molar-refractivity contribution in [3.8, 4) is 0 Å². The minimum absolute atomic E-state index is 0.00901. The first-order chi connectivity index (χ1) is 12.5. The molecule has 3 aliphatic rings. The van der Waals surface area contributed by atoms with E-state index in [4.69, 9.17) is 0 Å². The van der Waals surface area contributed by atoms with E-state index >= 15 is 0 Å². The third-order valence-electron chi connectivity index (χ3n) is 5.80. The highest BCUT2D eigenvalue weighted by atomic mass is 16.2. The van der Waals surface area contributed by atoms with Crippen LogP contribution in [0.1, 0.15) is 37.1 Å². The van der Waals surface area contributed by atoms with Crippen LogP contribution >= 0.6 is 0 Å². The van der Waals surface area contributed by atoms with Gasteiger partial charge in [-0.05, 0) is 45.2 Å². The molecule has 0 aromatic carbocycles. The first kappa shape index (κ1) is 17.3. The summed E-state index contributed by atoms with van der Waals surface area (Å²) in [5.41, 5.74) is 3.27. The van der Waals surface area contributed by atoms with Crippen molar-refractivity contribution in [2.24, 2.45) is 5.92 Å². The summed E-state index contributed by atoms with van der Waals surface area (Å²) >= 11 is 0. The molecule has 6 nitrogen and oxygen atoms in total. The SMILES string of the molecule is Cc1cc(N2CCN(C(=O)[C@H]3CCC(=O)N(C4CC4)C3)CC2)cc(C)n1. The molecule has 2 saturated heterocycles. The lowest BCUT2D eigenvalue weighted by molar-refractivity contribution is -0.143. The molecule has 1 atom stereocenters. The van der Waals surface area contributed by atoms with Gasteiger partial charge in [0, 0.05) is 62.3 Å². The number of carbonyl (C=O) groups is 2. The van der Waals surface area contributed by atoms with E-state index in [0.29, 0.717) is 25.4 Å². The minimum atomic E-state index is -0.00901. The van der Waals surface area contributed by atoms with E-state index in [0.717, 1.165) is 50.4 Å². The number of anilines is 1. The van der Waals surface area contributed by atoms with Gasteiger partial charge in [-0.15, -0.1) is 0 Å². The smallest absolute Gasteiger partial charge is 0.227 e. The van der Waals surface area contributed by atoms with Crippen molar-refractivity contribution in [3.63, 3.8) is 0 Å². The highest BCUT2D eigenvalue weighted by Crippen LogP contribution is 2.32. The number of piperidine rings is 1. The fourth-order valence-corrected chi connectivity index (χ4v) is 4.25. The number of hydrogen-bond donors (Lipinski definition) is 0. The highest BCUT2D eigenvalue weighted by Gasteiger charge is 2.40. The molecule has 1 aromatic heterocycles. The summed E-state index contributed by atoms with van der Waals surface area (Å²) in [5, 5.41) is 0. The molecule has 2 aliphatic heterocycles. The first-order valence-electron chi connectivity index (χ1n) is 9.80. The lowest BCUT2D eigenvalue weighted by Gasteiger charge is -2.39. The largest absolute Gasteiger partial charge is 0.368 e. The van der Waals surface area contributed by atoms with Crippen molar-refractivity contribution in [2.75, 3.05) is 37.6 Å². The van der Waals surface area contributed by atoms with E-state index in [-0.39, 0.29) is 17.7 Å². The number of amides is 2. The monoisotopic (exact) mass is 356 g/mol. The number of nitrogens with zero attached hydrogens (tertiary/aromatic N) is 4. The fourth-order valence-electron chi connectivity index (χ4n) is 4.25.